The Morgan fingerprint density at radius 3 is 2.49 bits per heavy atom. The number of carbonyl (C=O) groups is 2. The van der Waals surface area contributed by atoms with Crippen LogP contribution in [-0.4, -0.2) is 59.9 Å². The largest absolute Gasteiger partial charge is 0.416 e. The normalized spacial score (nSPS) is 23.4. The maximum absolute atomic E-state index is 13.0. The number of fused-ring (bicyclic) bond motifs is 1. The number of hydrogen-bond donors (Lipinski definition) is 2. The summed E-state index contributed by atoms with van der Waals surface area (Å²) in [6, 6.07) is 14.5. The first-order valence-electron chi connectivity index (χ1n) is 11.9. The second kappa shape index (κ2) is 10.8. The smallest absolute Gasteiger partial charge is 0.353 e. The molecule has 0 spiro atoms. The highest BCUT2D eigenvalue weighted by atomic mass is 19.4. The van der Waals surface area contributed by atoms with Gasteiger partial charge in [-0.1, -0.05) is 42.5 Å². The lowest BCUT2D eigenvalue weighted by atomic mass is 10.0. The van der Waals surface area contributed by atoms with Gasteiger partial charge >= 0.3 is 6.18 Å². The number of hydrogen-bond acceptors (Lipinski definition) is 4. The van der Waals surface area contributed by atoms with Crippen LogP contribution in [0.15, 0.2) is 54.6 Å². The van der Waals surface area contributed by atoms with E-state index in [0.29, 0.717) is 39.0 Å². The molecule has 0 aromatic heterocycles. The molecule has 4 rings (SSSR count). The minimum Gasteiger partial charge on any atom is -0.353 e. The van der Waals surface area contributed by atoms with Crippen molar-refractivity contribution in [2.24, 2.45) is 0 Å². The lowest BCUT2D eigenvalue weighted by Crippen LogP contribution is -2.49. The van der Waals surface area contributed by atoms with Crippen LogP contribution in [0.5, 0.6) is 0 Å². The molecule has 2 aromatic rings. The number of likely N-dealkylation sites (N-methyl/N-ethyl adjacent to an activating group) is 1. The Morgan fingerprint density at radius 1 is 1.09 bits per heavy atom. The number of halogens is 3. The van der Waals surface area contributed by atoms with Crippen LogP contribution in [0.4, 0.5) is 13.2 Å². The molecule has 2 saturated heterocycles. The summed E-state index contributed by atoms with van der Waals surface area (Å²) in [6.45, 7) is 2.04. The molecule has 2 aliphatic rings. The van der Waals surface area contributed by atoms with Crippen LogP contribution < -0.4 is 10.6 Å². The van der Waals surface area contributed by atoms with Crippen molar-refractivity contribution in [3.63, 3.8) is 0 Å². The van der Waals surface area contributed by atoms with Gasteiger partial charge in [0.25, 0.3) is 0 Å². The predicted molar refractivity (Wildman–Crippen MR) is 126 cm³/mol. The van der Waals surface area contributed by atoms with Crippen LogP contribution in [0, 0.1) is 0 Å². The molecule has 2 aliphatic heterocycles. The molecule has 2 N–H and O–H groups in total. The van der Waals surface area contributed by atoms with E-state index in [1.807, 2.05) is 42.3 Å². The number of nitrogens with one attached hydrogen (secondary N) is 2. The minimum absolute atomic E-state index is 0.00988. The molecule has 188 valence electrons. The van der Waals surface area contributed by atoms with E-state index in [1.54, 1.807) is 0 Å². The zero-order chi connectivity index (χ0) is 25.0. The molecule has 35 heavy (non-hydrogen) atoms. The second-order valence-corrected chi connectivity index (χ2v) is 9.33. The monoisotopic (exact) mass is 488 g/mol. The zero-order valence-corrected chi connectivity index (χ0v) is 19.7. The van der Waals surface area contributed by atoms with Gasteiger partial charge in [0.15, 0.2) is 0 Å². The van der Waals surface area contributed by atoms with Gasteiger partial charge in [-0.25, -0.2) is 0 Å². The number of amides is 2. The summed E-state index contributed by atoms with van der Waals surface area (Å²) in [5.41, 5.74) is 1.11. The van der Waals surface area contributed by atoms with Gasteiger partial charge in [0, 0.05) is 44.7 Å². The first kappa shape index (κ1) is 25.2. The topological polar surface area (TPSA) is 64.7 Å². The number of alkyl halides is 3. The van der Waals surface area contributed by atoms with Crippen molar-refractivity contribution in [1.29, 1.82) is 0 Å². The quantitative estimate of drug-likeness (QED) is 0.629. The van der Waals surface area contributed by atoms with Gasteiger partial charge in [0.2, 0.25) is 11.8 Å². The SMILES string of the molecule is CN1C(CCC(=O)NCc2ccccc2)CNC(=O)C2C1CCN2Cc1ccc(C(F)(F)F)cc1. The van der Waals surface area contributed by atoms with Gasteiger partial charge in [0.1, 0.15) is 6.04 Å². The maximum atomic E-state index is 13.0. The highest BCUT2D eigenvalue weighted by Gasteiger charge is 2.45. The fraction of sp³-hybridized carbons (Fsp3) is 0.462. The van der Waals surface area contributed by atoms with Crippen molar-refractivity contribution in [3.8, 4) is 0 Å². The maximum Gasteiger partial charge on any atom is 0.416 e. The molecular formula is C26H31F3N4O2. The van der Waals surface area contributed by atoms with Crippen LogP contribution in [0.1, 0.15) is 36.0 Å². The predicted octanol–water partition coefficient (Wildman–Crippen LogP) is 3.18. The molecule has 2 amide bonds. The molecule has 3 unspecified atom stereocenters. The summed E-state index contributed by atoms with van der Waals surface area (Å²) in [7, 11) is 1.99. The van der Waals surface area contributed by atoms with E-state index in [0.717, 1.165) is 29.7 Å². The molecule has 9 heteroatoms. The van der Waals surface area contributed by atoms with Crippen LogP contribution in [0.2, 0.25) is 0 Å². The molecule has 0 aliphatic carbocycles. The Labute approximate surface area is 203 Å². The Kier molecular flexibility index (Phi) is 7.76. The van der Waals surface area contributed by atoms with Gasteiger partial charge in [-0.3, -0.25) is 19.4 Å². The summed E-state index contributed by atoms with van der Waals surface area (Å²) >= 11 is 0. The molecule has 2 fully saturated rings. The van der Waals surface area contributed by atoms with E-state index in [2.05, 4.69) is 15.5 Å². The van der Waals surface area contributed by atoms with E-state index < -0.39 is 11.7 Å². The summed E-state index contributed by atoms with van der Waals surface area (Å²) in [4.78, 5) is 29.6. The summed E-state index contributed by atoms with van der Waals surface area (Å²) in [5, 5.41) is 5.97. The van der Waals surface area contributed by atoms with Gasteiger partial charge < -0.3 is 10.6 Å². The fourth-order valence-electron chi connectivity index (χ4n) is 5.04. The summed E-state index contributed by atoms with van der Waals surface area (Å²) in [6.07, 6.45) is -2.59. The molecule has 2 heterocycles. The molecule has 0 radical (unpaired) electrons. The molecule has 3 atom stereocenters. The third kappa shape index (κ3) is 6.21. The Morgan fingerprint density at radius 2 is 1.80 bits per heavy atom. The average Bonchev–Trinajstić information content (AvgIpc) is 3.21. The van der Waals surface area contributed by atoms with Crippen molar-refractivity contribution in [1.82, 2.24) is 20.4 Å². The van der Waals surface area contributed by atoms with Crippen molar-refractivity contribution < 1.29 is 22.8 Å². The van der Waals surface area contributed by atoms with Gasteiger partial charge in [-0.2, -0.15) is 13.2 Å². The molecule has 0 saturated carbocycles. The number of likely N-dealkylation sites (tertiary alicyclic amines) is 1. The highest BCUT2D eigenvalue weighted by Crippen LogP contribution is 2.31. The van der Waals surface area contributed by atoms with Crippen molar-refractivity contribution in [2.45, 2.75) is 56.7 Å². The first-order chi connectivity index (χ1) is 16.7. The Bertz CT molecular complexity index is 1010. The second-order valence-electron chi connectivity index (χ2n) is 9.33. The van der Waals surface area contributed by atoms with Crippen LogP contribution >= 0.6 is 0 Å². The lowest BCUT2D eigenvalue weighted by molar-refractivity contribution is -0.137. The Balaban J connectivity index is 1.33. The number of carbonyl (C=O) groups excluding carboxylic acids is 2. The highest BCUT2D eigenvalue weighted by molar-refractivity contribution is 5.83. The zero-order valence-electron chi connectivity index (χ0n) is 19.7. The third-order valence-corrected chi connectivity index (χ3v) is 7.05. The van der Waals surface area contributed by atoms with Crippen molar-refractivity contribution >= 4 is 11.8 Å². The van der Waals surface area contributed by atoms with Crippen LogP contribution in [-0.2, 0) is 28.9 Å². The van der Waals surface area contributed by atoms with E-state index in [4.69, 9.17) is 0 Å². The van der Waals surface area contributed by atoms with Crippen LogP contribution in [0.3, 0.4) is 0 Å². The van der Waals surface area contributed by atoms with Crippen molar-refractivity contribution in [3.05, 3.63) is 71.3 Å². The Hall–Kier alpha value is -2.91. The number of benzene rings is 2. The lowest BCUT2D eigenvalue weighted by Gasteiger charge is -2.33. The van der Waals surface area contributed by atoms with E-state index in [1.165, 1.54) is 12.1 Å². The molecule has 2 aromatic carbocycles. The summed E-state index contributed by atoms with van der Waals surface area (Å²) < 4.78 is 38.6. The average molecular weight is 489 g/mol. The molecular weight excluding hydrogens is 457 g/mol. The van der Waals surface area contributed by atoms with Gasteiger partial charge in [-0.15, -0.1) is 0 Å². The van der Waals surface area contributed by atoms with E-state index in [-0.39, 0.29) is 29.9 Å². The van der Waals surface area contributed by atoms with Crippen molar-refractivity contribution in [2.75, 3.05) is 20.1 Å². The van der Waals surface area contributed by atoms with Gasteiger partial charge in [-0.05, 0) is 43.1 Å². The van der Waals surface area contributed by atoms with Gasteiger partial charge in [0.05, 0.1) is 5.56 Å². The fourth-order valence-corrected chi connectivity index (χ4v) is 5.04. The van der Waals surface area contributed by atoms with E-state index in [9.17, 15) is 22.8 Å². The molecule has 0 bridgehead atoms. The summed E-state index contributed by atoms with van der Waals surface area (Å²) in [5.74, 6) is -0.0907. The standard InChI is InChI=1S/C26H31F3N4O2/c1-32-21(11-12-23(34)30-15-18-5-3-2-4-6-18)16-31-25(35)24-22(32)13-14-33(24)17-19-7-9-20(10-8-19)26(27,28)29/h2-10,21-22,24H,11-17H2,1H3,(H,30,34)(H,31,35). The number of nitrogens with zero attached hydrogens (tertiary/aromatic N) is 2. The third-order valence-electron chi connectivity index (χ3n) is 7.05. The minimum atomic E-state index is -4.37. The molecule has 6 nitrogen and oxygen atoms in total. The van der Waals surface area contributed by atoms with Crippen LogP contribution in [0.25, 0.3) is 0 Å². The first-order valence-corrected chi connectivity index (χ1v) is 11.9. The van der Waals surface area contributed by atoms with E-state index >= 15 is 0 Å². The number of rotatable bonds is 7.